The maximum Gasteiger partial charge on any atom is 0.120 e. The van der Waals surface area contributed by atoms with Crippen LogP contribution in [0.15, 0.2) is 18.2 Å². The van der Waals surface area contributed by atoms with Crippen LogP contribution in [0.3, 0.4) is 0 Å². The fourth-order valence-electron chi connectivity index (χ4n) is 2.67. The summed E-state index contributed by atoms with van der Waals surface area (Å²) in [6.07, 6.45) is 3.79. The van der Waals surface area contributed by atoms with E-state index in [-0.39, 0.29) is 6.10 Å². The monoisotopic (exact) mass is 267 g/mol. The molecule has 3 atom stereocenters. The third kappa shape index (κ3) is 3.18. The van der Waals surface area contributed by atoms with Gasteiger partial charge in [-0.15, -0.1) is 0 Å². The molecule has 0 spiro atoms. The number of hydrogen-bond acceptors (Lipinski definition) is 2. The molecule has 0 heterocycles. The lowest BCUT2D eigenvalue weighted by Gasteiger charge is -2.34. The van der Waals surface area contributed by atoms with Gasteiger partial charge in [0.2, 0.25) is 0 Å². The quantitative estimate of drug-likeness (QED) is 0.904. The van der Waals surface area contributed by atoms with Crippen molar-refractivity contribution in [2.75, 3.05) is 6.54 Å². The van der Waals surface area contributed by atoms with Gasteiger partial charge < -0.3 is 10.5 Å². The molecule has 3 unspecified atom stereocenters. The van der Waals surface area contributed by atoms with Gasteiger partial charge in [0, 0.05) is 10.9 Å². The molecule has 1 aromatic rings. The van der Waals surface area contributed by atoms with Gasteiger partial charge in [-0.25, -0.2) is 0 Å². The molecule has 0 bridgehead atoms. The third-order valence-electron chi connectivity index (χ3n) is 3.91. The van der Waals surface area contributed by atoms with Crippen molar-refractivity contribution < 1.29 is 4.74 Å². The van der Waals surface area contributed by atoms with E-state index >= 15 is 0 Å². The Labute approximate surface area is 114 Å². The first kappa shape index (κ1) is 13.7. The van der Waals surface area contributed by atoms with E-state index in [4.69, 9.17) is 22.1 Å². The van der Waals surface area contributed by atoms with E-state index in [9.17, 15) is 0 Å². The predicted octanol–water partition coefficient (Wildman–Crippen LogP) is 3.79. The first-order valence-electron chi connectivity index (χ1n) is 6.73. The smallest absolute Gasteiger partial charge is 0.120 e. The van der Waals surface area contributed by atoms with Gasteiger partial charge in [0.15, 0.2) is 0 Å². The topological polar surface area (TPSA) is 35.2 Å². The number of aryl methyl sites for hydroxylation is 1. The van der Waals surface area contributed by atoms with Crippen molar-refractivity contribution in [3.05, 3.63) is 28.8 Å². The highest BCUT2D eigenvalue weighted by atomic mass is 35.5. The summed E-state index contributed by atoms with van der Waals surface area (Å²) in [5.74, 6) is 2.12. The van der Waals surface area contributed by atoms with Crippen LogP contribution in [0.2, 0.25) is 5.02 Å². The summed E-state index contributed by atoms with van der Waals surface area (Å²) in [6.45, 7) is 5.00. The lowest BCUT2D eigenvalue weighted by atomic mass is 9.80. The van der Waals surface area contributed by atoms with Gasteiger partial charge in [-0.1, -0.05) is 24.9 Å². The van der Waals surface area contributed by atoms with Gasteiger partial charge in [0.05, 0.1) is 0 Å². The third-order valence-corrected chi connectivity index (χ3v) is 4.33. The van der Waals surface area contributed by atoms with Crippen LogP contribution in [0.4, 0.5) is 0 Å². The average Bonchev–Trinajstić information content (AvgIpc) is 2.34. The largest absolute Gasteiger partial charge is 0.490 e. The van der Waals surface area contributed by atoms with Gasteiger partial charge in [0.25, 0.3) is 0 Å². The predicted molar refractivity (Wildman–Crippen MR) is 76.2 cm³/mol. The van der Waals surface area contributed by atoms with Crippen molar-refractivity contribution in [2.24, 2.45) is 17.6 Å². The van der Waals surface area contributed by atoms with Crippen LogP contribution in [-0.4, -0.2) is 12.6 Å². The minimum atomic E-state index is 0.249. The van der Waals surface area contributed by atoms with Crippen molar-refractivity contribution in [3.63, 3.8) is 0 Å². The molecule has 3 heteroatoms. The SMILES string of the molecule is Cc1cc(OC2CC(C)CCC2CN)ccc1Cl. The summed E-state index contributed by atoms with van der Waals surface area (Å²) in [7, 11) is 0. The number of hydrogen-bond donors (Lipinski definition) is 1. The zero-order chi connectivity index (χ0) is 13.1. The zero-order valence-corrected chi connectivity index (χ0v) is 11.9. The summed E-state index contributed by atoms with van der Waals surface area (Å²) in [6, 6.07) is 5.85. The number of ether oxygens (including phenoxy) is 1. The minimum absolute atomic E-state index is 0.249. The second kappa shape index (κ2) is 5.94. The van der Waals surface area contributed by atoms with Crippen LogP contribution >= 0.6 is 11.6 Å². The number of benzene rings is 1. The molecule has 2 rings (SSSR count). The Morgan fingerprint density at radius 1 is 1.39 bits per heavy atom. The first-order chi connectivity index (χ1) is 8.60. The van der Waals surface area contributed by atoms with E-state index < -0.39 is 0 Å². The van der Waals surface area contributed by atoms with Crippen molar-refractivity contribution in [2.45, 2.75) is 39.2 Å². The van der Waals surface area contributed by atoms with E-state index in [0.29, 0.717) is 12.5 Å². The maximum atomic E-state index is 6.13. The molecule has 0 amide bonds. The number of halogens is 1. The first-order valence-corrected chi connectivity index (χ1v) is 7.10. The lowest BCUT2D eigenvalue weighted by Crippen LogP contribution is -2.37. The Bertz CT molecular complexity index is 407. The molecule has 1 fully saturated rings. The standard InChI is InChI=1S/C15H22ClNO/c1-10-3-4-12(9-17)15(7-10)18-13-5-6-14(16)11(2)8-13/h5-6,8,10,12,15H,3-4,7,9,17H2,1-2H3. The molecule has 2 N–H and O–H groups in total. The van der Waals surface area contributed by atoms with E-state index in [2.05, 4.69) is 6.92 Å². The van der Waals surface area contributed by atoms with E-state index in [0.717, 1.165) is 28.7 Å². The van der Waals surface area contributed by atoms with Crippen LogP contribution < -0.4 is 10.5 Å². The molecule has 1 aliphatic carbocycles. The Kier molecular flexibility index (Phi) is 4.52. The molecule has 2 nitrogen and oxygen atoms in total. The molecule has 1 saturated carbocycles. The van der Waals surface area contributed by atoms with Crippen LogP contribution in [0, 0.1) is 18.8 Å². The van der Waals surface area contributed by atoms with Gasteiger partial charge in [-0.3, -0.25) is 0 Å². The molecule has 0 aromatic heterocycles. The van der Waals surface area contributed by atoms with Crippen LogP contribution in [0.1, 0.15) is 31.7 Å². The maximum absolute atomic E-state index is 6.13. The van der Waals surface area contributed by atoms with Crippen molar-refractivity contribution in [1.82, 2.24) is 0 Å². The zero-order valence-electron chi connectivity index (χ0n) is 11.2. The fourth-order valence-corrected chi connectivity index (χ4v) is 2.79. The summed E-state index contributed by atoms with van der Waals surface area (Å²) in [5, 5.41) is 0.787. The summed E-state index contributed by atoms with van der Waals surface area (Å²) >= 11 is 6.03. The Hall–Kier alpha value is -0.730. The van der Waals surface area contributed by atoms with Gasteiger partial charge in [-0.2, -0.15) is 0 Å². The molecule has 1 aliphatic rings. The minimum Gasteiger partial charge on any atom is -0.490 e. The second-order valence-electron chi connectivity index (χ2n) is 5.48. The van der Waals surface area contributed by atoms with E-state index in [1.165, 1.54) is 12.8 Å². The molecule has 0 saturated heterocycles. The highest BCUT2D eigenvalue weighted by Crippen LogP contribution is 2.32. The molecular weight excluding hydrogens is 246 g/mol. The van der Waals surface area contributed by atoms with Gasteiger partial charge in [0.1, 0.15) is 11.9 Å². The summed E-state index contributed by atoms with van der Waals surface area (Å²) in [4.78, 5) is 0. The van der Waals surface area contributed by atoms with Crippen molar-refractivity contribution in [3.8, 4) is 5.75 Å². The molecule has 100 valence electrons. The molecule has 0 radical (unpaired) electrons. The molecule has 0 aliphatic heterocycles. The highest BCUT2D eigenvalue weighted by molar-refractivity contribution is 6.31. The Morgan fingerprint density at radius 3 is 2.83 bits per heavy atom. The fraction of sp³-hybridized carbons (Fsp3) is 0.600. The van der Waals surface area contributed by atoms with Crippen LogP contribution in [0.5, 0.6) is 5.75 Å². The van der Waals surface area contributed by atoms with Crippen molar-refractivity contribution in [1.29, 1.82) is 0 Å². The van der Waals surface area contributed by atoms with Gasteiger partial charge in [-0.05, 0) is 56.0 Å². The van der Waals surface area contributed by atoms with Gasteiger partial charge >= 0.3 is 0 Å². The summed E-state index contributed by atoms with van der Waals surface area (Å²) < 4.78 is 6.13. The highest BCUT2D eigenvalue weighted by Gasteiger charge is 2.29. The van der Waals surface area contributed by atoms with Crippen molar-refractivity contribution >= 4 is 11.6 Å². The average molecular weight is 268 g/mol. The summed E-state index contributed by atoms with van der Waals surface area (Å²) in [5.41, 5.74) is 6.90. The molecule has 1 aromatic carbocycles. The second-order valence-corrected chi connectivity index (χ2v) is 5.89. The molecular formula is C15H22ClNO. The number of rotatable bonds is 3. The van der Waals surface area contributed by atoms with E-state index in [1.807, 2.05) is 25.1 Å². The van der Waals surface area contributed by atoms with E-state index in [1.54, 1.807) is 0 Å². The normalized spacial score (nSPS) is 28.1. The van der Waals surface area contributed by atoms with Crippen LogP contribution in [0.25, 0.3) is 0 Å². The molecule has 18 heavy (non-hydrogen) atoms. The number of nitrogens with two attached hydrogens (primary N) is 1. The lowest BCUT2D eigenvalue weighted by molar-refractivity contribution is 0.0741. The Balaban J connectivity index is 2.08. The Morgan fingerprint density at radius 2 is 2.17 bits per heavy atom. The van der Waals surface area contributed by atoms with Crippen LogP contribution in [-0.2, 0) is 0 Å².